The quantitative estimate of drug-likeness (QED) is 0.528. The lowest BCUT2D eigenvalue weighted by atomic mass is 10.1. The topological polar surface area (TPSA) is 98.5 Å². The van der Waals surface area contributed by atoms with E-state index in [9.17, 15) is 9.90 Å². The maximum atomic E-state index is 12.2. The zero-order valence-electron chi connectivity index (χ0n) is 12.5. The molecule has 1 aliphatic rings. The average molecular weight is 304 g/mol. The minimum Gasteiger partial charge on any atom is -0.445 e. The van der Waals surface area contributed by atoms with Gasteiger partial charge in [0.25, 0.3) is 0 Å². The van der Waals surface area contributed by atoms with Crippen LogP contribution in [0.5, 0.6) is 0 Å². The Morgan fingerprint density at radius 3 is 2.86 bits per heavy atom. The smallest absolute Gasteiger partial charge is 0.410 e. The van der Waals surface area contributed by atoms with Crippen LogP contribution in [-0.4, -0.2) is 40.8 Å². The number of ether oxygens (including phenoxy) is 1. The van der Waals surface area contributed by atoms with Crippen LogP contribution in [-0.2, 0) is 11.3 Å². The first-order chi connectivity index (χ1) is 10.6. The lowest BCUT2D eigenvalue weighted by molar-refractivity contribution is 0.0582. The monoisotopic (exact) mass is 304 g/mol. The number of carbonyl (C=O) groups excluding carboxylic acids is 1. The molecule has 1 saturated heterocycles. The molecule has 0 spiro atoms. The lowest BCUT2D eigenvalue weighted by Crippen LogP contribution is -2.43. The molecule has 0 unspecified atom stereocenters. The first kappa shape index (κ1) is 16.1. The SMILES string of the molecule is C[C@H]1CC[C@H](N=[N+]=[N-])[C@@H](O)CN1C(=O)OCc1ccccc1. The van der Waals surface area contributed by atoms with Gasteiger partial charge in [0.1, 0.15) is 6.61 Å². The van der Waals surface area contributed by atoms with Crippen molar-refractivity contribution in [2.24, 2.45) is 5.11 Å². The fraction of sp³-hybridized carbons (Fsp3) is 0.533. The standard InChI is InChI=1S/C15H20N4O3/c1-11-7-8-13(17-18-16)14(20)9-19(11)15(21)22-10-12-5-3-2-4-6-12/h2-6,11,13-14,20H,7-10H2,1H3/t11-,13-,14-/m0/s1. The van der Waals surface area contributed by atoms with Crippen molar-refractivity contribution in [1.82, 2.24) is 4.90 Å². The number of carbonyl (C=O) groups is 1. The molecular formula is C15H20N4O3. The van der Waals surface area contributed by atoms with Gasteiger partial charge in [0.2, 0.25) is 0 Å². The molecule has 0 aromatic heterocycles. The van der Waals surface area contributed by atoms with Gasteiger partial charge in [0.15, 0.2) is 0 Å². The van der Waals surface area contributed by atoms with Gasteiger partial charge in [-0.15, -0.1) is 0 Å². The van der Waals surface area contributed by atoms with Gasteiger partial charge in [-0.25, -0.2) is 4.79 Å². The van der Waals surface area contributed by atoms with E-state index in [2.05, 4.69) is 10.0 Å². The molecule has 1 N–H and O–H groups in total. The molecule has 7 nitrogen and oxygen atoms in total. The fourth-order valence-corrected chi connectivity index (χ4v) is 2.52. The number of aliphatic hydroxyl groups is 1. The zero-order valence-corrected chi connectivity index (χ0v) is 12.5. The Bertz CT molecular complexity index is 545. The Balaban J connectivity index is 1.97. The molecule has 3 atom stereocenters. The zero-order chi connectivity index (χ0) is 15.9. The van der Waals surface area contributed by atoms with Crippen molar-refractivity contribution in [3.05, 3.63) is 46.3 Å². The van der Waals surface area contributed by atoms with Gasteiger partial charge in [0.05, 0.1) is 18.7 Å². The minimum absolute atomic E-state index is 0.0724. The van der Waals surface area contributed by atoms with Gasteiger partial charge >= 0.3 is 6.09 Å². The summed E-state index contributed by atoms with van der Waals surface area (Å²) in [6.07, 6.45) is -0.127. The van der Waals surface area contributed by atoms with E-state index >= 15 is 0 Å². The number of rotatable bonds is 3. The summed E-state index contributed by atoms with van der Waals surface area (Å²) < 4.78 is 5.31. The molecule has 1 aliphatic heterocycles. The van der Waals surface area contributed by atoms with Crippen molar-refractivity contribution in [3.63, 3.8) is 0 Å². The molecule has 1 amide bonds. The number of aliphatic hydroxyl groups excluding tert-OH is 1. The molecule has 1 aromatic carbocycles. The summed E-state index contributed by atoms with van der Waals surface area (Å²) in [7, 11) is 0. The van der Waals surface area contributed by atoms with Gasteiger partial charge < -0.3 is 14.7 Å². The highest BCUT2D eigenvalue weighted by atomic mass is 16.6. The fourth-order valence-electron chi connectivity index (χ4n) is 2.52. The number of nitrogens with zero attached hydrogens (tertiary/aromatic N) is 4. The maximum Gasteiger partial charge on any atom is 0.410 e. The number of likely N-dealkylation sites (tertiary alicyclic amines) is 1. The Kier molecular flexibility index (Phi) is 5.63. The maximum absolute atomic E-state index is 12.2. The van der Waals surface area contributed by atoms with Crippen LogP contribution in [0, 0.1) is 0 Å². The van der Waals surface area contributed by atoms with Crippen LogP contribution in [0.15, 0.2) is 35.4 Å². The summed E-state index contributed by atoms with van der Waals surface area (Å²) in [5, 5.41) is 13.7. The molecule has 1 fully saturated rings. The van der Waals surface area contributed by atoms with Crippen molar-refractivity contribution >= 4 is 6.09 Å². The van der Waals surface area contributed by atoms with Crippen LogP contribution >= 0.6 is 0 Å². The molecule has 118 valence electrons. The second kappa shape index (κ2) is 7.68. The third kappa shape index (κ3) is 4.13. The third-order valence-electron chi connectivity index (χ3n) is 3.88. The lowest BCUT2D eigenvalue weighted by Gasteiger charge is -2.27. The van der Waals surface area contributed by atoms with E-state index in [1.807, 2.05) is 37.3 Å². The van der Waals surface area contributed by atoms with Crippen LogP contribution < -0.4 is 0 Å². The second-order valence-corrected chi connectivity index (χ2v) is 5.46. The third-order valence-corrected chi connectivity index (χ3v) is 3.88. The molecule has 7 heteroatoms. The summed E-state index contributed by atoms with van der Waals surface area (Å²) in [6.45, 7) is 2.20. The summed E-state index contributed by atoms with van der Waals surface area (Å²) in [5.74, 6) is 0. The van der Waals surface area contributed by atoms with E-state index in [-0.39, 0.29) is 19.2 Å². The van der Waals surface area contributed by atoms with Crippen LogP contribution in [0.4, 0.5) is 4.79 Å². The molecule has 0 saturated carbocycles. The normalized spacial score (nSPS) is 25.0. The highest BCUT2D eigenvalue weighted by molar-refractivity contribution is 5.68. The van der Waals surface area contributed by atoms with Gasteiger partial charge in [-0.2, -0.15) is 0 Å². The second-order valence-electron chi connectivity index (χ2n) is 5.46. The van der Waals surface area contributed by atoms with E-state index in [1.165, 1.54) is 4.90 Å². The number of hydrogen-bond acceptors (Lipinski definition) is 4. The minimum atomic E-state index is -0.870. The number of benzene rings is 1. The molecule has 0 bridgehead atoms. The first-order valence-corrected chi connectivity index (χ1v) is 7.31. The highest BCUT2D eigenvalue weighted by Gasteiger charge is 2.32. The Hall–Kier alpha value is -2.24. The van der Waals surface area contributed by atoms with Crippen molar-refractivity contribution in [3.8, 4) is 0 Å². The number of β-amino-alcohol motifs (C(OH)–C–C–N with tert-alkyl or cyclic N) is 1. The predicted molar refractivity (Wildman–Crippen MR) is 81.0 cm³/mol. The van der Waals surface area contributed by atoms with Crippen LogP contribution in [0.1, 0.15) is 25.3 Å². The molecule has 0 aliphatic carbocycles. The number of amides is 1. The van der Waals surface area contributed by atoms with Crippen molar-refractivity contribution in [2.75, 3.05) is 6.54 Å². The molecule has 1 aromatic rings. The summed E-state index contributed by atoms with van der Waals surface area (Å²) >= 11 is 0. The Morgan fingerprint density at radius 2 is 2.18 bits per heavy atom. The highest BCUT2D eigenvalue weighted by Crippen LogP contribution is 2.21. The van der Waals surface area contributed by atoms with E-state index in [0.29, 0.717) is 12.8 Å². The van der Waals surface area contributed by atoms with Crippen molar-refractivity contribution < 1.29 is 14.6 Å². The summed E-state index contributed by atoms with van der Waals surface area (Å²) in [4.78, 5) is 16.5. The molecule has 2 rings (SSSR count). The van der Waals surface area contributed by atoms with Crippen LogP contribution in [0.25, 0.3) is 10.4 Å². The van der Waals surface area contributed by atoms with E-state index in [4.69, 9.17) is 10.3 Å². The molecule has 0 radical (unpaired) electrons. The molecular weight excluding hydrogens is 284 g/mol. The van der Waals surface area contributed by atoms with Gasteiger partial charge in [-0.1, -0.05) is 35.4 Å². The molecule has 22 heavy (non-hydrogen) atoms. The van der Waals surface area contributed by atoms with E-state index in [1.54, 1.807) is 0 Å². The Morgan fingerprint density at radius 1 is 1.45 bits per heavy atom. The summed E-state index contributed by atoms with van der Waals surface area (Å²) in [5.41, 5.74) is 9.43. The van der Waals surface area contributed by atoms with Gasteiger partial charge in [0, 0.05) is 11.0 Å². The number of azide groups is 1. The van der Waals surface area contributed by atoms with Crippen LogP contribution in [0.3, 0.4) is 0 Å². The van der Waals surface area contributed by atoms with Crippen LogP contribution in [0.2, 0.25) is 0 Å². The summed E-state index contributed by atoms with van der Waals surface area (Å²) in [6, 6.07) is 8.85. The van der Waals surface area contributed by atoms with Gasteiger partial charge in [-0.3, -0.25) is 0 Å². The average Bonchev–Trinajstić information content (AvgIpc) is 2.67. The number of hydrogen-bond donors (Lipinski definition) is 1. The van der Waals surface area contributed by atoms with Gasteiger partial charge in [-0.05, 0) is 30.9 Å². The molecule has 1 heterocycles. The predicted octanol–water partition coefficient (Wildman–Crippen LogP) is 2.85. The Labute approximate surface area is 129 Å². The first-order valence-electron chi connectivity index (χ1n) is 7.31. The van der Waals surface area contributed by atoms with Crippen molar-refractivity contribution in [1.29, 1.82) is 0 Å². The van der Waals surface area contributed by atoms with E-state index < -0.39 is 18.2 Å². The van der Waals surface area contributed by atoms with E-state index in [0.717, 1.165) is 5.56 Å². The van der Waals surface area contributed by atoms with Crippen molar-refractivity contribution in [2.45, 2.75) is 44.6 Å². The largest absolute Gasteiger partial charge is 0.445 e.